The van der Waals surface area contributed by atoms with Crippen LogP contribution in [-0.4, -0.2) is 32.1 Å². The average Bonchev–Trinajstić information content (AvgIpc) is 3.28. The van der Waals surface area contributed by atoms with Crippen molar-refractivity contribution in [2.45, 2.75) is 18.9 Å². The molecule has 0 radical (unpaired) electrons. The number of nitrogens with one attached hydrogen (secondary N) is 1. The predicted octanol–water partition coefficient (Wildman–Crippen LogP) is 4.05. The van der Waals surface area contributed by atoms with Gasteiger partial charge in [-0.15, -0.1) is 11.3 Å². The molecule has 1 saturated carbocycles. The fourth-order valence-corrected chi connectivity index (χ4v) is 4.00. The molecule has 1 aliphatic rings. The maximum Gasteiger partial charge on any atom is 0.206 e. The number of aromatic hydroxyl groups is 2. The normalized spacial score (nSPS) is 15.1. The van der Waals surface area contributed by atoms with Gasteiger partial charge in [-0.25, -0.2) is 4.68 Å². The molecule has 140 valence electrons. The smallest absolute Gasteiger partial charge is 0.206 e. The minimum atomic E-state index is 0.00631. The molecule has 4 aromatic rings. The number of para-hydroxylation sites is 1. The van der Waals surface area contributed by atoms with E-state index in [1.807, 2.05) is 35.8 Å². The molecule has 0 spiro atoms. The third-order valence-electron chi connectivity index (χ3n) is 4.72. The van der Waals surface area contributed by atoms with Crippen LogP contribution >= 0.6 is 11.3 Å². The Hall–Kier alpha value is -3.32. The Morgan fingerprint density at radius 2 is 2.00 bits per heavy atom. The van der Waals surface area contributed by atoms with E-state index in [9.17, 15) is 10.2 Å². The van der Waals surface area contributed by atoms with Crippen molar-refractivity contribution >= 4 is 28.5 Å². The highest BCUT2D eigenvalue weighted by Gasteiger charge is 2.21. The number of H-pyrrole nitrogens is 1. The molecular formula is C21H18N4O2S. The summed E-state index contributed by atoms with van der Waals surface area (Å²) in [7, 11) is 0. The fraction of sp³-hybridized carbons (Fsp3) is 0.143. The van der Waals surface area contributed by atoms with E-state index in [0.717, 1.165) is 39.8 Å². The average molecular weight is 390 g/mol. The fourth-order valence-electron chi connectivity index (χ4n) is 3.10. The van der Waals surface area contributed by atoms with Crippen LogP contribution < -0.4 is 4.80 Å². The molecule has 1 aliphatic carbocycles. The first kappa shape index (κ1) is 16.8. The first-order chi connectivity index (χ1) is 13.7. The summed E-state index contributed by atoms with van der Waals surface area (Å²) < 4.78 is 1.76. The molecule has 0 bridgehead atoms. The van der Waals surface area contributed by atoms with Crippen molar-refractivity contribution in [1.82, 2.24) is 9.66 Å². The predicted molar refractivity (Wildman–Crippen MR) is 111 cm³/mol. The lowest BCUT2D eigenvalue weighted by Gasteiger charge is -2.06. The lowest BCUT2D eigenvalue weighted by atomic mass is 10.1. The molecule has 5 rings (SSSR count). The van der Waals surface area contributed by atoms with Gasteiger partial charge in [-0.1, -0.05) is 18.2 Å². The van der Waals surface area contributed by atoms with Gasteiger partial charge in [0.25, 0.3) is 0 Å². The molecule has 3 N–H and O–H groups in total. The number of hydrogen-bond acceptors (Lipinski definition) is 5. The van der Waals surface area contributed by atoms with Crippen LogP contribution in [0, 0.1) is 0 Å². The van der Waals surface area contributed by atoms with Crippen LogP contribution in [0.3, 0.4) is 0 Å². The first-order valence-corrected chi connectivity index (χ1v) is 9.94. The third-order valence-corrected chi connectivity index (χ3v) is 5.55. The van der Waals surface area contributed by atoms with Crippen molar-refractivity contribution in [1.29, 1.82) is 0 Å². The maximum absolute atomic E-state index is 10.3. The van der Waals surface area contributed by atoms with E-state index in [-0.39, 0.29) is 11.5 Å². The number of hydrogen-bond donors (Lipinski definition) is 3. The number of aromatic nitrogens is 2. The second kappa shape index (κ2) is 6.69. The summed E-state index contributed by atoms with van der Waals surface area (Å²) >= 11 is 1.49. The molecule has 2 aromatic carbocycles. The zero-order chi connectivity index (χ0) is 19.1. The van der Waals surface area contributed by atoms with Gasteiger partial charge in [0.2, 0.25) is 4.80 Å². The van der Waals surface area contributed by atoms with Gasteiger partial charge in [0.05, 0.1) is 18.0 Å². The summed E-state index contributed by atoms with van der Waals surface area (Å²) in [6.07, 6.45) is 5.93. The van der Waals surface area contributed by atoms with Gasteiger partial charge in [0.1, 0.15) is 11.5 Å². The lowest BCUT2D eigenvalue weighted by molar-refractivity contribution is 0.451. The quantitative estimate of drug-likeness (QED) is 0.459. The number of thiazole rings is 1. The zero-order valence-corrected chi connectivity index (χ0v) is 15.7. The third kappa shape index (κ3) is 3.10. The van der Waals surface area contributed by atoms with E-state index >= 15 is 0 Å². The van der Waals surface area contributed by atoms with E-state index < -0.39 is 0 Å². The van der Waals surface area contributed by atoms with E-state index in [0.29, 0.717) is 11.6 Å². The van der Waals surface area contributed by atoms with Gasteiger partial charge < -0.3 is 15.2 Å². The number of benzene rings is 2. The molecule has 0 saturated heterocycles. The van der Waals surface area contributed by atoms with Gasteiger partial charge in [-0.2, -0.15) is 5.10 Å². The van der Waals surface area contributed by atoms with Gasteiger partial charge in [0, 0.05) is 39.7 Å². The van der Waals surface area contributed by atoms with Crippen LogP contribution in [0.1, 0.15) is 18.4 Å². The minimum Gasteiger partial charge on any atom is -0.508 e. The Balaban J connectivity index is 1.63. The molecule has 1 fully saturated rings. The first-order valence-electron chi connectivity index (χ1n) is 9.06. The largest absolute Gasteiger partial charge is 0.508 e. The van der Waals surface area contributed by atoms with Crippen molar-refractivity contribution in [2.24, 2.45) is 10.1 Å². The number of fused-ring (bicyclic) bond motifs is 1. The SMILES string of the molecule is Oc1ccc(-c2csc(=NC3CC3)n2/N=C/c2c[nH]c3ccccc23)c(O)c1. The number of phenols is 2. The Morgan fingerprint density at radius 1 is 1.14 bits per heavy atom. The van der Waals surface area contributed by atoms with Crippen LogP contribution in [0.2, 0.25) is 0 Å². The Labute approximate surface area is 164 Å². The molecule has 0 unspecified atom stereocenters. The molecule has 0 amide bonds. The van der Waals surface area contributed by atoms with Crippen LogP contribution in [0.4, 0.5) is 0 Å². The minimum absolute atomic E-state index is 0.00631. The molecule has 2 aromatic heterocycles. The molecule has 7 heteroatoms. The van der Waals surface area contributed by atoms with Gasteiger partial charge in [-0.05, 0) is 31.0 Å². The highest BCUT2D eigenvalue weighted by atomic mass is 32.1. The number of phenolic OH excluding ortho intramolecular Hbond substituents is 2. The number of rotatable bonds is 4. The molecule has 0 aliphatic heterocycles. The zero-order valence-electron chi connectivity index (χ0n) is 14.9. The van der Waals surface area contributed by atoms with Crippen LogP contribution in [0.15, 0.2) is 64.1 Å². The Morgan fingerprint density at radius 3 is 2.82 bits per heavy atom. The molecular weight excluding hydrogens is 372 g/mol. The van der Waals surface area contributed by atoms with Crippen molar-refractivity contribution < 1.29 is 10.2 Å². The summed E-state index contributed by atoms with van der Waals surface area (Å²) in [5.74, 6) is 0.0278. The Bertz CT molecular complexity index is 1260. The van der Waals surface area contributed by atoms with Crippen molar-refractivity contribution in [3.05, 3.63) is 64.4 Å². The molecule has 6 nitrogen and oxygen atoms in total. The summed E-state index contributed by atoms with van der Waals surface area (Å²) in [5, 5.41) is 27.6. The summed E-state index contributed by atoms with van der Waals surface area (Å²) in [4.78, 5) is 8.80. The summed E-state index contributed by atoms with van der Waals surface area (Å²) in [5.41, 5.74) is 3.37. The van der Waals surface area contributed by atoms with E-state index in [1.54, 1.807) is 23.0 Å². The van der Waals surface area contributed by atoms with Crippen LogP contribution in [0.5, 0.6) is 11.5 Å². The molecule has 28 heavy (non-hydrogen) atoms. The van der Waals surface area contributed by atoms with E-state index in [1.165, 1.54) is 17.4 Å². The van der Waals surface area contributed by atoms with Crippen molar-refractivity contribution in [2.75, 3.05) is 0 Å². The molecule has 2 heterocycles. The maximum atomic E-state index is 10.3. The molecule has 0 atom stereocenters. The number of aromatic amines is 1. The standard InChI is InChI=1S/C21H18N4O2S/c26-15-7-8-17(20(27)9-15)19-12-28-21(24-14-5-6-14)25(19)23-11-13-10-22-18-4-2-1-3-16(13)18/h1-4,7-12,14,22,26-27H,5-6H2/b23-11+,24-21?. The van der Waals surface area contributed by atoms with Crippen molar-refractivity contribution in [3.8, 4) is 22.8 Å². The topological polar surface area (TPSA) is 85.9 Å². The van der Waals surface area contributed by atoms with Gasteiger partial charge in [-0.3, -0.25) is 4.99 Å². The Kier molecular flexibility index (Phi) is 4.02. The highest BCUT2D eigenvalue weighted by molar-refractivity contribution is 7.07. The van der Waals surface area contributed by atoms with Crippen LogP contribution in [-0.2, 0) is 0 Å². The van der Waals surface area contributed by atoms with E-state index in [2.05, 4.69) is 4.98 Å². The summed E-state index contributed by atoms with van der Waals surface area (Å²) in [6, 6.07) is 13.0. The second-order valence-electron chi connectivity index (χ2n) is 6.81. The monoisotopic (exact) mass is 390 g/mol. The van der Waals surface area contributed by atoms with Crippen molar-refractivity contribution in [3.63, 3.8) is 0 Å². The lowest BCUT2D eigenvalue weighted by Crippen LogP contribution is -2.13. The van der Waals surface area contributed by atoms with E-state index in [4.69, 9.17) is 10.1 Å². The number of nitrogens with zero attached hydrogens (tertiary/aromatic N) is 3. The van der Waals surface area contributed by atoms with Crippen LogP contribution in [0.25, 0.3) is 22.2 Å². The summed E-state index contributed by atoms with van der Waals surface area (Å²) in [6.45, 7) is 0. The van der Waals surface area contributed by atoms with Gasteiger partial charge >= 0.3 is 0 Å². The second-order valence-corrected chi connectivity index (χ2v) is 7.65. The highest BCUT2D eigenvalue weighted by Crippen LogP contribution is 2.32. The van der Waals surface area contributed by atoms with Gasteiger partial charge in [0.15, 0.2) is 0 Å².